The highest BCUT2D eigenvalue weighted by Crippen LogP contribution is 2.27. The Hall–Kier alpha value is -2.29. The maximum Gasteiger partial charge on any atom is 0.188 e. The second-order valence-corrected chi connectivity index (χ2v) is 7.80. The van der Waals surface area contributed by atoms with E-state index >= 15 is 0 Å². The Morgan fingerprint density at radius 2 is 1.72 bits per heavy atom. The van der Waals surface area contributed by atoms with E-state index in [0.717, 1.165) is 6.42 Å². The number of rotatable bonds is 5. The monoisotopic (exact) mass is 337 g/mol. The molecule has 0 spiro atoms. The van der Waals surface area contributed by atoms with Crippen molar-refractivity contribution in [2.24, 2.45) is 5.73 Å². The van der Waals surface area contributed by atoms with Crippen molar-refractivity contribution in [2.75, 3.05) is 0 Å². The molecule has 0 saturated carbocycles. The first kappa shape index (κ1) is 19.0. The molecule has 0 fully saturated rings. The first-order chi connectivity index (χ1) is 11.7. The molecular weight excluding hydrogens is 306 g/mol. The Morgan fingerprint density at radius 1 is 1.08 bits per heavy atom. The molecule has 25 heavy (non-hydrogen) atoms. The van der Waals surface area contributed by atoms with Crippen molar-refractivity contribution < 1.29 is 0 Å². The van der Waals surface area contributed by atoms with Crippen molar-refractivity contribution in [3.05, 3.63) is 59.7 Å². The van der Waals surface area contributed by atoms with E-state index in [1.54, 1.807) is 0 Å². The molecule has 1 atom stereocenters. The van der Waals surface area contributed by atoms with Gasteiger partial charge in [-0.15, -0.1) is 0 Å². The number of nitrogens with two attached hydrogens (primary N) is 1. The smallest absolute Gasteiger partial charge is 0.188 e. The minimum Gasteiger partial charge on any atom is -0.370 e. The third-order valence-corrected chi connectivity index (χ3v) is 4.80. The average Bonchev–Trinajstić information content (AvgIpc) is 2.58. The van der Waals surface area contributed by atoms with Crippen LogP contribution in [0.25, 0.3) is 11.1 Å². The second-order valence-electron chi connectivity index (χ2n) is 7.80. The van der Waals surface area contributed by atoms with Crippen LogP contribution in [0.1, 0.15) is 52.2 Å². The van der Waals surface area contributed by atoms with Gasteiger partial charge >= 0.3 is 0 Å². The van der Waals surface area contributed by atoms with E-state index in [1.807, 2.05) is 4.90 Å². The summed E-state index contributed by atoms with van der Waals surface area (Å²) in [7, 11) is 0. The fourth-order valence-electron chi connectivity index (χ4n) is 2.91. The van der Waals surface area contributed by atoms with E-state index in [1.165, 1.54) is 22.3 Å². The van der Waals surface area contributed by atoms with E-state index in [2.05, 4.69) is 83.1 Å². The van der Waals surface area contributed by atoms with Gasteiger partial charge in [-0.2, -0.15) is 0 Å². The molecule has 0 radical (unpaired) electrons. The third kappa shape index (κ3) is 4.85. The Kier molecular flexibility index (Phi) is 5.89. The highest BCUT2D eigenvalue weighted by Gasteiger charge is 2.15. The summed E-state index contributed by atoms with van der Waals surface area (Å²) in [6.45, 7) is 11.6. The summed E-state index contributed by atoms with van der Waals surface area (Å²) in [5.41, 5.74) is 10.9. The zero-order valence-corrected chi connectivity index (χ0v) is 16.1. The molecule has 2 rings (SSSR count). The van der Waals surface area contributed by atoms with Crippen molar-refractivity contribution in [1.29, 1.82) is 5.41 Å². The van der Waals surface area contributed by atoms with Crippen molar-refractivity contribution in [3.63, 3.8) is 0 Å². The Morgan fingerprint density at radius 3 is 2.24 bits per heavy atom. The summed E-state index contributed by atoms with van der Waals surface area (Å²) >= 11 is 0. The van der Waals surface area contributed by atoms with Gasteiger partial charge in [-0.05, 0) is 47.1 Å². The molecule has 2 aromatic rings. The van der Waals surface area contributed by atoms with Gasteiger partial charge in [0.05, 0.1) is 0 Å². The van der Waals surface area contributed by atoms with Gasteiger partial charge in [-0.25, -0.2) is 0 Å². The van der Waals surface area contributed by atoms with Crippen molar-refractivity contribution in [2.45, 2.75) is 59.0 Å². The largest absolute Gasteiger partial charge is 0.370 e. The Labute approximate surface area is 152 Å². The lowest BCUT2D eigenvalue weighted by Gasteiger charge is -2.29. The molecule has 0 amide bonds. The summed E-state index contributed by atoms with van der Waals surface area (Å²) < 4.78 is 0. The molecule has 134 valence electrons. The van der Waals surface area contributed by atoms with Crippen LogP contribution in [0, 0.1) is 5.41 Å². The molecule has 0 aliphatic rings. The standard InChI is InChI=1S/C22H31N3/c1-6-16(2)25(21(23)24)15-17-8-7-9-19(14-17)18-10-12-20(13-11-18)22(3,4)5/h7-14,16H,6,15H2,1-5H3,(H3,23,24). The van der Waals surface area contributed by atoms with Crippen molar-refractivity contribution in [3.8, 4) is 11.1 Å². The molecule has 0 aliphatic carbocycles. The average molecular weight is 338 g/mol. The predicted molar refractivity (Wildman–Crippen MR) is 108 cm³/mol. The molecule has 3 heteroatoms. The summed E-state index contributed by atoms with van der Waals surface area (Å²) in [5.74, 6) is 0.134. The zero-order valence-electron chi connectivity index (χ0n) is 16.1. The molecule has 2 aromatic carbocycles. The molecule has 0 bridgehead atoms. The summed E-state index contributed by atoms with van der Waals surface area (Å²) in [5, 5.41) is 7.84. The highest BCUT2D eigenvalue weighted by molar-refractivity contribution is 5.75. The van der Waals surface area contributed by atoms with Gasteiger partial charge in [0.25, 0.3) is 0 Å². The van der Waals surface area contributed by atoms with Crippen LogP contribution < -0.4 is 5.73 Å². The number of guanidine groups is 1. The van der Waals surface area contributed by atoms with Crippen LogP contribution >= 0.6 is 0 Å². The molecule has 0 aliphatic heterocycles. The van der Waals surface area contributed by atoms with Crippen LogP contribution in [0.5, 0.6) is 0 Å². The Bertz CT molecular complexity index is 711. The lowest BCUT2D eigenvalue weighted by Crippen LogP contribution is -2.41. The minimum atomic E-state index is 0.134. The van der Waals surface area contributed by atoms with Crippen molar-refractivity contribution >= 4 is 5.96 Å². The quantitative estimate of drug-likeness (QED) is 0.586. The highest BCUT2D eigenvalue weighted by atomic mass is 15.2. The molecule has 3 N–H and O–H groups in total. The molecular formula is C22H31N3. The fourth-order valence-corrected chi connectivity index (χ4v) is 2.91. The van der Waals surface area contributed by atoms with E-state index in [4.69, 9.17) is 11.1 Å². The minimum absolute atomic E-state index is 0.134. The number of benzene rings is 2. The first-order valence-corrected chi connectivity index (χ1v) is 9.03. The van der Waals surface area contributed by atoms with Gasteiger partial charge in [-0.1, -0.05) is 70.2 Å². The Balaban J connectivity index is 2.25. The van der Waals surface area contributed by atoms with E-state index in [9.17, 15) is 0 Å². The second kappa shape index (κ2) is 7.73. The summed E-state index contributed by atoms with van der Waals surface area (Å²) in [6, 6.07) is 17.6. The third-order valence-electron chi connectivity index (χ3n) is 4.80. The van der Waals surface area contributed by atoms with Crippen molar-refractivity contribution in [1.82, 2.24) is 4.90 Å². The molecule has 0 saturated heterocycles. The number of hydrogen-bond donors (Lipinski definition) is 2. The SMILES string of the molecule is CCC(C)N(Cc1cccc(-c2ccc(C(C)(C)C)cc2)c1)C(=N)N. The van der Waals surface area contributed by atoms with Crippen LogP contribution in [0.3, 0.4) is 0 Å². The lowest BCUT2D eigenvalue weighted by atomic mass is 9.86. The van der Waals surface area contributed by atoms with Crippen LogP contribution in [-0.2, 0) is 12.0 Å². The summed E-state index contributed by atoms with van der Waals surface area (Å²) in [6.07, 6.45) is 0.966. The van der Waals surface area contributed by atoms with Gasteiger partial charge < -0.3 is 10.6 Å². The van der Waals surface area contributed by atoms with Crippen LogP contribution in [-0.4, -0.2) is 16.9 Å². The van der Waals surface area contributed by atoms with E-state index < -0.39 is 0 Å². The molecule has 0 heterocycles. The van der Waals surface area contributed by atoms with Crippen LogP contribution in [0.15, 0.2) is 48.5 Å². The number of nitrogens with one attached hydrogen (secondary N) is 1. The molecule has 0 aromatic heterocycles. The zero-order chi connectivity index (χ0) is 18.6. The van der Waals surface area contributed by atoms with Crippen LogP contribution in [0.2, 0.25) is 0 Å². The topological polar surface area (TPSA) is 53.1 Å². The van der Waals surface area contributed by atoms with Gasteiger partial charge in [0.1, 0.15) is 0 Å². The van der Waals surface area contributed by atoms with Gasteiger partial charge in [0, 0.05) is 12.6 Å². The van der Waals surface area contributed by atoms with E-state index in [0.29, 0.717) is 6.54 Å². The van der Waals surface area contributed by atoms with Crippen LogP contribution in [0.4, 0.5) is 0 Å². The van der Waals surface area contributed by atoms with Gasteiger partial charge in [0.15, 0.2) is 5.96 Å². The predicted octanol–water partition coefficient (Wildman–Crippen LogP) is 5.15. The maximum atomic E-state index is 7.84. The fraction of sp³-hybridized carbons (Fsp3) is 0.409. The number of hydrogen-bond acceptors (Lipinski definition) is 1. The summed E-state index contributed by atoms with van der Waals surface area (Å²) in [4.78, 5) is 1.95. The van der Waals surface area contributed by atoms with Gasteiger partial charge in [0.2, 0.25) is 0 Å². The number of nitrogens with zero attached hydrogens (tertiary/aromatic N) is 1. The van der Waals surface area contributed by atoms with E-state index in [-0.39, 0.29) is 17.4 Å². The first-order valence-electron chi connectivity index (χ1n) is 9.03. The maximum absolute atomic E-state index is 7.84. The molecule has 3 nitrogen and oxygen atoms in total. The normalized spacial score (nSPS) is 12.7. The van der Waals surface area contributed by atoms with Gasteiger partial charge in [-0.3, -0.25) is 5.41 Å². The lowest BCUT2D eigenvalue weighted by molar-refractivity contribution is 0.310. The molecule has 1 unspecified atom stereocenters.